The van der Waals surface area contributed by atoms with Crippen molar-refractivity contribution in [3.8, 4) is 11.5 Å². The van der Waals surface area contributed by atoms with Gasteiger partial charge in [0.2, 0.25) is 0 Å². The van der Waals surface area contributed by atoms with Crippen LogP contribution in [0.4, 0.5) is 10.1 Å². The van der Waals surface area contributed by atoms with Gasteiger partial charge >= 0.3 is 0 Å². The van der Waals surface area contributed by atoms with Gasteiger partial charge in [0.05, 0.1) is 20.3 Å². The molecule has 0 aliphatic carbocycles. The Morgan fingerprint density at radius 1 is 1.12 bits per heavy atom. The van der Waals surface area contributed by atoms with Crippen LogP contribution in [-0.4, -0.2) is 19.3 Å². The standard InChI is InChI=1S/C18H21FN2O2S/c1-11-5-6-13(9-16(11)19)21-18(24)20-12(2)15-10-14(22-3)7-8-17(15)23-4/h5-10,12H,1-4H3,(H2,20,21,24)/t12-/m1/s1. The Labute approximate surface area is 147 Å². The smallest absolute Gasteiger partial charge is 0.171 e. The summed E-state index contributed by atoms with van der Waals surface area (Å²) >= 11 is 5.31. The number of ether oxygens (including phenoxy) is 2. The molecule has 1 atom stereocenters. The third-order valence-corrected chi connectivity index (χ3v) is 3.90. The van der Waals surface area contributed by atoms with Gasteiger partial charge in [0.15, 0.2) is 5.11 Å². The largest absolute Gasteiger partial charge is 0.497 e. The van der Waals surface area contributed by atoms with Crippen molar-refractivity contribution < 1.29 is 13.9 Å². The van der Waals surface area contributed by atoms with Crippen LogP contribution in [0.25, 0.3) is 0 Å². The molecule has 0 fully saturated rings. The number of methoxy groups -OCH3 is 2. The summed E-state index contributed by atoms with van der Waals surface area (Å²) in [4.78, 5) is 0. The van der Waals surface area contributed by atoms with Crippen LogP contribution < -0.4 is 20.1 Å². The fourth-order valence-corrected chi connectivity index (χ4v) is 2.58. The summed E-state index contributed by atoms with van der Waals surface area (Å²) in [7, 11) is 3.23. The first kappa shape index (κ1) is 18.0. The molecule has 0 aromatic heterocycles. The van der Waals surface area contributed by atoms with Crippen molar-refractivity contribution in [2.45, 2.75) is 19.9 Å². The third-order valence-electron chi connectivity index (χ3n) is 3.68. The minimum Gasteiger partial charge on any atom is -0.497 e. The monoisotopic (exact) mass is 348 g/mol. The maximum absolute atomic E-state index is 13.6. The molecule has 2 aromatic rings. The molecule has 0 spiro atoms. The van der Waals surface area contributed by atoms with Crippen molar-refractivity contribution in [3.05, 3.63) is 53.3 Å². The van der Waals surface area contributed by atoms with E-state index in [-0.39, 0.29) is 11.9 Å². The molecule has 0 aliphatic heterocycles. The predicted molar refractivity (Wildman–Crippen MR) is 98.5 cm³/mol. The van der Waals surface area contributed by atoms with E-state index in [0.717, 1.165) is 17.1 Å². The van der Waals surface area contributed by atoms with E-state index in [1.807, 2.05) is 25.1 Å². The van der Waals surface area contributed by atoms with Gasteiger partial charge in [0, 0.05) is 11.3 Å². The average Bonchev–Trinajstić information content (AvgIpc) is 2.57. The highest BCUT2D eigenvalue weighted by Crippen LogP contribution is 2.29. The summed E-state index contributed by atoms with van der Waals surface area (Å²) in [5, 5.41) is 6.55. The Kier molecular flexibility index (Phi) is 5.98. The van der Waals surface area contributed by atoms with Gasteiger partial charge < -0.3 is 20.1 Å². The Hall–Kier alpha value is -2.34. The zero-order chi connectivity index (χ0) is 17.7. The number of hydrogen-bond donors (Lipinski definition) is 2. The van der Waals surface area contributed by atoms with Gasteiger partial charge in [-0.15, -0.1) is 0 Å². The zero-order valence-electron chi connectivity index (χ0n) is 14.1. The number of anilines is 1. The van der Waals surface area contributed by atoms with Gasteiger partial charge in [-0.25, -0.2) is 4.39 Å². The summed E-state index contributed by atoms with van der Waals surface area (Å²) in [5.41, 5.74) is 2.10. The number of hydrogen-bond acceptors (Lipinski definition) is 3. The fourth-order valence-electron chi connectivity index (χ4n) is 2.29. The highest BCUT2D eigenvalue weighted by atomic mass is 32.1. The van der Waals surface area contributed by atoms with Gasteiger partial charge in [0.25, 0.3) is 0 Å². The fraction of sp³-hybridized carbons (Fsp3) is 0.278. The van der Waals surface area contributed by atoms with E-state index in [2.05, 4.69) is 10.6 Å². The summed E-state index contributed by atoms with van der Waals surface area (Å²) in [6.07, 6.45) is 0. The predicted octanol–water partition coefficient (Wildman–Crippen LogP) is 4.20. The molecule has 0 radical (unpaired) electrons. The Morgan fingerprint density at radius 2 is 1.88 bits per heavy atom. The molecule has 0 heterocycles. The molecule has 0 bridgehead atoms. The maximum Gasteiger partial charge on any atom is 0.171 e. The van der Waals surface area contributed by atoms with Gasteiger partial charge in [-0.1, -0.05) is 6.07 Å². The van der Waals surface area contributed by atoms with E-state index < -0.39 is 0 Å². The normalized spacial score (nSPS) is 11.5. The molecule has 4 nitrogen and oxygen atoms in total. The molecule has 2 N–H and O–H groups in total. The number of benzene rings is 2. The molecule has 0 unspecified atom stereocenters. The number of rotatable bonds is 5. The summed E-state index contributed by atoms with van der Waals surface area (Å²) in [6, 6.07) is 10.4. The number of aryl methyl sites for hydroxylation is 1. The van der Waals surface area contributed by atoms with Crippen molar-refractivity contribution in [2.75, 3.05) is 19.5 Å². The Morgan fingerprint density at radius 3 is 2.50 bits per heavy atom. The van der Waals surface area contributed by atoms with Crippen LogP contribution in [0.1, 0.15) is 24.1 Å². The molecule has 0 amide bonds. The van der Waals surface area contributed by atoms with Gasteiger partial charge in [-0.2, -0.15) is 0 Å². The zero-order valence-corrected chi connectivity index (χ0v) is 15.0. The first-order valence-corrected chi connectivity index (χ1v) is 7.91. The van der Waals surface area contributed by atoms with Crippen molar-refractivity contribution in [3.63, 3.8) is 0 Å². The second kappa shape index (κ2) is 7.97. The van der Waals surface area contributed by atoms with E-state index >= 15 is 0 Å². The Balaban J connectivity index is 2.09. The quantitative estimate of drug-likeness (QED) is 0.793. The highest BCUT2D eigenvalue weighted by molar-refractivity contribution is 7.80. The molecular weight excluding hydrogens is 327 g/mol. The van der Waals surface area contributed by atoms with Gasteiger partial charge in [0.1, 0.15) is 17.3 Å². The third kappa shape index (κ3) is 4.35. The second-order valence-electron chi connectivity index (χ2n) is 5.39. The lowest BCUT2D eigenvalue weighted by atomic mass is 10.1. The molecule has 2 aromatic carbocycles. The first-order valence-electron chi connectivity index (χ1n) is 7.50. The Bertz CT molecular complexity index is 737. The summed E-state index contributed by atoms with van der Waals surface area (Å²) in [6.45, 7) is 3.67. The first-order chi connectivity index (χ1) is 11.4. The number of halogens is 1. The van der Waals surface area contributed by atoms with Gasteiger partial charge in [-0.3, -0.25) is 0 Å². The maximum atomic E-state index is 13.6. The minimum absolute atomic E-state index is 0.120. The van der Waals surface area contributed by atoms with E-state index in [9.17, 15) is 4.39 Å². The molecular formula is C18H21FN2O2S. The lowest BCUT2D eigenvalue weighted by molar-refractivity contribution is 0.395. The molecule has 6 heteroatoms. The van der Waals surface area contributed by atoms with Crippen molar-refractivity contribution in [2.24, 2.45) is 0 Å². The average molecular weight is 348 g/mol. The minimum atomic E-state index is -0.273. The van der Waals surface area contributed by atoms with Crippen LogP contribution in [0.2, 0.25) is 0 Å². The van der Waals surface area contributed by atoms with E-state index in [1.165, 1.54) is 6.07 Å². The molecule has 128 valence electrons. The van der Waals surface area contributed by atoms with E-state index in [1.54, 1.807) is 33.3 Å². The molecule has 0 saturated carbocycles. The molecule has 0 saturated heterocycles. The van der Waals surface area contributed by atoms with Crippen LogP contribution in [-0.2, 0) is 0 Å². The topological polar surface area (TPSA) is 42.5 Å². The van der Waals surface area contributed by atoms with Crippen molar-refractivity contribution in [1.29, 1.82) is 0 Å². The van der Waals surface area contributed by atoms with E-state index in [0.29, 0.717) is 16.4 Å². The van der Waals surface area contributed by atoms with Gasteiger partial charge in [-0.05, 0) is 62.0 Å². The van der Waals surface area contributed by atoms with Crippen LogP contribution in [0.15, 0.2) is 36.4 Å². The molecule has 0 aliphatic rings. The number of thiocarbonyl (C=S) groups is 1. The molecule has 24 heavy (non-hydrogen) atoms. The highest BCUT2D eigenvalue weighted by Gasteiger charge is 2.14. The summed E-state index contributed by atoms with van der Waals surface area (Å²) in [5.74, 6) is 1.20. The van der Waals surface area contributed by atoms with Crippen LogP contribution in [0.5, 0.6) is 11.5 Å². The summed E-state index contributed by atoms with van der Waals surface area (Å²) < 4.78 is 24.2. The van der Waals surface area contributed by atoms with E-state index in [4.69, 9.17) is 21.7 Å². The van der Waals surface area contributed by atoms with Crippen LogP contribution in [0, 0.1) is 12.7 Å². The lowest BCUT2D eigenvalue weighted by Crippen LogP contribution is -2.31. The lowest BCUT2D eigenvalue weighted by Gasteiger charge is -2.20. The van der Waals surface area contributed by atoms with Crippen LogP contribution in [0.3, 0.4) is 0 Å². The second-order valence-corrected chi connectivity index (χ2v) is 5.80. The van der Waals surface area contributed by atoms with Crippen molar-refractivity contribution >= 4 is 23.0 Å². The van der Waals surface area contributed by atoms with Crippen LogP contribution >= 0.6 is 12.2 Å². The molecule has 2 rings (SSSR count). The SMILES string of the molecule is COc1ccc(OC)c([C@@H](C)NC(=S)Nc2ccc(C)c(F)c2)c1. The van der Waals surface area contributed by atoms with Crippen molar-refractivity contribution in [1.82, 2.24) is 5.32 Å². The number of nitrogens with one attached hydrogen (secondary N) is 2.